The maximum Gasteiger partial charge on any atom is 0.418 e. The highest BCUT2D eigenvalue weighted by molar-refractivity contribution is 7.80. The number of urea groups is 1. The highest BCUT2D eigenvalue weighted by atomic mass is 32.3. The summed E-state index contributed by atoms with van der Waals surface area (Å²) in [6.07, 6.45) is 1.58. The van der Waals surface area contributed by atoms with Gasteiger partial charge < -0.3 is 15.0 Å². The van der Waals surface area contributed by atoms with E-state index < -0.39 is 34.4 Å². The van der Waals surface area contributed by atoms with E-state index in [1.807, 2.05) is 0 Å². The van der Waals surface area contributed by atoms with E-state index in [2.05, 4.69) is 20.0 Å². The zero-order valence-electron chi connectivity index (χ0n) is 15.7. The summed E-state index contributed by atoms with van der Waals surface area (Å²) < 4.78 is 40.4. The van der Waals surface area contributed by atoms with Crippen LogP contribution in [0.5, 0.6) is 0 Å². The third kappa shape index (κ3) is 4.63. The fraction of sp³-hybridized carbons (Fsp3) is 0.867. The molecular formula is C15H25N5O8S. The number of hydroxylamine groups is 3. The molecule has 4 atom stereocenters. The number of hydrogen-bond acceptors (Lipinski definition) is 9. The van der Waals surface area contributed by atoms with Crippen molar-refractivity contribution in [3.05, 3.63) is 0 Å². The second-order valence-corrected chi connectivity index (χ2v) is 8.64. The predicted molar refractivity (Wildman–Crippen MR) is 95.2 cm³/mol. The number of hydrogen-bond donors (Lipinski definition) is 3. The van der Waals surface area contributed by atoms with Crippen molar-refractivity contribution >= 4 is 22.3 Å². The quantitative estimate of drug-likeness (QED) is 0.304. The van der Waals surface area contributed by atoms with Crippen molar-refractivity contribution in [3.8, 4) is 0 Å². The lowest BCUT2D eigenvalue weighted by molar-refractivity contribution is -0.139. The minimum absolute atomic E-state index is 0.101. The summed E-state index contributed by atoms with van der Waals surface area (Å²) in [6.45, 7) is 3.57. The van der Waals surface area contributed by atoms with Gasteiger partial charge in [0.05, 0.1) is 26.0 Å². The summed E-state index contributed by atoms with van der Waals surface area (Å²) in [6, 6.07) is -1.63. The zero-order chi connectivity index (χ0) is 20.6. The minimum atomic E-state index is -4.82. The molecule has 4 aliphatic heterocycles. The van der Waals surface area contributed by atoms with E-state index in [1.54, 1.807) is 0 Å². The van der Waals surface area contributed by atoms with Crippen molar-refractivity contribution in [2.24, 2.45) is 0 Å². The van der Waals surface area contributed by atoms with E-state index in [0.29, 0.717) is 30.7 Å². The molecule has 14 heteroatoms. The number of carbonyl (C=O) groups excluding carboxylic acids is 2. The topological polar surface area (TPSA) is 150 Å². The molecule has 13 nitrogen and oxygen atoms in total. The van der Waals surface area contributed by atoms with E-state index >= 15 is 0 Å². The van der Waals surface area contributed by atoms with Crippen LogP contribution in [0.25, 0.3) is 0 Å². The fourth-order valence-corrected chi connectivity index (χ4v) is 4.69. The molecule has 29 heavy (non-hydrogen) atoms. The summed E-state index contributed by atoms with van der Waals surface area (Å²) in [5.41, 5.74) is 2.39. The third-order valence-electron chi connectivity index (χ3n) is 5.75. The van der Waals surface area contributed by atoms with Gasteiger partial charge in [-0.15, -0.1) is 4.28 Å². The van der Waals surface area contributed by atoms with Crippen LogP contribution in [0.1, 0.15) is 19.3 Å². The van der Waals surface area contributed by atoms with Gasteiger partial charge in [0.15, 0.2) is 0 Å². The highest BCUT2D eigenvalue weighted by Crippen LogP contribution is 2.30. The lowest BCUT2D eigenvalue weighted by Gasteiger charge is -2.29. The molecule has 0 aromatic heterocycles. The Kier molecular flexibility index (Phi) is 5.92. The average Bonchev–Trinajstić information content (AvgIpc) is 3.39. The Bertz CT molecular complexity index is 745. The van der Waals surface area contributed by atoms with E-state index in [-0.39, 0.29) is 19.2 Å². The van der Waals surface area contributed by atoms with Gasteiger partial charge in [0.1, 0.15) is 6.04 Å². The van der Waals surface area contributed by atoms with Gasteiger partial charge in [0.25, 0.3) is 5.91 Å². The largest absolute Gasteiger partial charge is 0.418 e. The lowest BCUT2D eigenvalue weighted by Crippen LogP contribution is -2.50. The van der Waals surface area contributed by atoms with Crippen LogP contribution in [0.2, 0.25) is 0 Å². The molecule has 0 radical (unpaired) electrons. The van der Waals surface area contributed by atoms with Crippen LogP contribution in [0.15, 0.2) is 0 Å². The third-order valence-corrected chi connectivity index (χ3v) is 6.10. The number of ether oxygens (including phenoxy) is 1. The van der Waals surface area contributed by atoms with Crippen LogP contribution in [0, 0.1) is 0 Å². The Morgan fingerprint density at radius 3 is 2.90 bits per heavy atom. The number of rotatable bonds is 7. The first kappa shape index (κ1) is 20.7. The molecule has 0 aromatic carbocycles. The summed E-state index contributed by atoms with van der Waals surface area (Å²) >= 11 is 0. The Labute approximate surface area is 168 Å². The molecule has 2 bridgehead atoms. The minimum Gasteiger partial charge on any atom is -0.365 e. The molecule has 0 spiro atoms. The first-order chi connectivity index (χ1) is 13.8. The summed E-state index contributed by atoms with van der Waals surface area (Å²) in [5, 5.41) is 3.96. The first-order valence-corrected chi connectivity index (χ1v) is 10.9. The monoisotopic (exact) mass is 435 g/mol. The zero-order valence-corrected chi connectivity index (χ0v) is 16.5. The number of carbonyl (C=O) groups is 2. The van der Waals surface area contributed by atoms with Crippen molar-refractivity contribution < 1.29 is 36.4 Å². The number of fused-ring (bicyclic) bond motifs is 2. The molecule has 3 amide bonds. The SMILES string of the molecule is O=C(NOCC1CC(N2CCOC2)CN1)[C@@H]1CC[C@@H]2CN1C(=O)N2OS(=O)(=O)O. The van der Waals surface area contributed by atoms with Crippen molar-refractivity contribution in [1.29, 1.82) is 0 Å². The molecule has 4 fully saturated rings. The number of amides is 3. The van der Waals surface area contributed by atoms with E-state index in [1.165, 1.54) is 4.90 Å². The Balaban J connectivity index is 1.23. The van der Waals surface area contributed by atoms with Crippen molar-refractivity contribution in [1.82, 2.24) is 25.7 Å². The van der Waals surface area contributed by atoms with Crippen LogP contribution >= 0.6 is 0 Å². The summed E-state index contributed by atoms with van der Waals surface area (Å²) in [4.78, 5) is 33.6. The van der Waals surface area contributed by atoms with E-state index in [0.717, 1.165) is 26.1 Å². The number of nitrogens with one attached hydrogen (secondary N) is 2. The second kappa shape index (κ2) is 8.29. The average molecular weight is 435 g/mol. The van der Waals surface area contributed by atoms with Gasteiger partial charge >= 0.3 is 16.4 Å². The van der Waals surface area contributed by atoms with Gasteiger partial charge in [-0.3, -0.25) is 19.1 Å². The molecule has 164 valence electrons. The van der Waals surface area contributed by atoms with Gasteiger partial charge in [-0.25, -0.2) is 10.3 Å². The van der Waals surface area contributed by atoms with Gasteiger partial charge in [-0.2, -0.15) is 13.5 Å². The Morgan fingerprint density at radius 2 is 2.17 bits per heavy atom. The van der Waals surface area contributed by atoms with Crippen LogP contribution < -0.4 is 10.8 Å². The Morgan fingerprint density at radius 1 is 1.34 bits per heavy atom. The maximum atomic E-state index is 12.5. The van der Waals surface area contributed by atoms with Crippen molar-refractivity contribution in [2.75, 3.05) is 39.6 Å². The molecule has 4 heterocycles. The molecule has 2 unspecified atom stereocenters. The molecule has 0 aliphatic carbocycles. The van der Waals surface area contributed by atoms with Crippen molar-refractivity contribution in [2.45, 2.75) is 43.4 Å². The van der Waals surface area contributed by atoms with Crippen LogP contribution in [-0.4, -0.2) is 104 Å². The lowest BCUT2D eigenvalue weighted by atomic mass is 10.0. The smallest absolute Gasteiger partial charge is 0.365 e. The molecule has 3 N–H and O–H groups in total. The van der Waals surface area contributed by atoms with Gasteiger partial charge in [-0.05, 0) is 19.3 Å². The van der Waals surface area contributed by atoms with E-state index in [4.69, 9.17) is 14.1 Å². The van der Waals surface area contributed by atoms with Crippen LogP contribution in [-0.2, 0) is 29.1 Å². The highest BCUT2D eigenvalue weighted by Gasteiger charge is 2.49. The van der Waals surface area contributed by atoms with Crippen LogP contribution in [0.3, 0.4) is 0 Å². The Hall–Kier alpha value is -1.55. The van der Waals surface area contributed by atoms with Gasteiger partial charge in [-0.1, -0.05) is 0 Å². The van der Waals surface area contributed by atoms with Gasteiger partial charge in [0, 0.05) is 31.7 Å². The standard InChI is InChI=1S/C15H25N5O8S/c21-14(17-27-8-10-5-12(6-16-10)18-3-4-26-9-18)13-2-1-11-7-19(13)15(22)20(11)28-29(23,24)25/h10-13,16H,1-9H2,(H,17,21)(H,23,24,25)/t10?,11-,12?,13+/m1/s1. The summed E-state index contributed by atoms with van der Waals surface area (Å²) in [7, 11) is -4.82. The van der Waals surface area contributed by atoms with Gasteiger partial charge in [0.2, 0.25) is 0 Å². The molecular weight excluding hydrogens is 410 g/mol. The first-order valence-electron chi connectivity index (χ1n) is 9.55. The molecule has 0 saturated carbocycles. The molecule has 4 rings (SSSR count). The fourth-order valence-electron chi connectivity index (χ4n) is 4.30. The van der Waals surface area contributed by atoms with Crippen molar-refractivity contribution in [3.63, 3.8) is 0 Å². The number of nitrogens with zero attached hydrogens (tertiary/aromatic N) is 3. The second-order valence-electron chi connectivity index (χ2n) is 7.63. The normalized spacial score (nSPS) is 32.9. The predicted octanol–water partition coefficient (Wildman–Crippen LogP) is -1.94. The molecule has 4 aliphatic rings. The van der Waals surface area contributed by atoms with Crippen LogP contribution in [0.4, 0.5) is 4.79 Å². The number of piperidine rings is 1. The summed E-state index contributed by atoms with van der Waals surface area (Å²) in [5.74, 6) is -0.479. The maximum absolute atomic E-state index is 12.5. The molecule has 0 aromatic rings. The molecule has 4 saturated heterocycles. The van der Waals surface area contributed by atoms with E-state index in [9.17, 15) is 18.0 Å².